The molecule has 31 heavy (non-hydrogen) atoms. The first-order chi connectivity index (χ1) is 14.9. The van der Waals surface area contributed by atoms with E-state index in [0.717, 1.165) is 33.2 Å². The largest absolute Gasteiger partial charge is 0.334 e. The Kier molecular flexibility index (Phi) is 6.07. The fraction of sp³-hybridized carbons (Fsp3) is 0.333. The molecule has 0 atom stereocenters. The van der Waals surface area contributed by atoms with E-state index in [1.54, 1.807) is 0 Å². The number of pyridine rings is 1. The van der Waals surface area contributed by atoms with Crippen molar-refractivity contribution < 1.29 is 13.2 Å². The van der Waals surface area contributed by atoms with Crippen molar-refractivity contribution in [3.05, 3.63) is 76.6 Å². The SMILES string of the molecule is CCCS(=O)(=O)NCc1c(C)ncc2c1CCN(C(=O)c1ccc3ccccc3c1)C2. The Morgan fingerprint density at radius 1 is 1.16 bits per heavy atom. The summed E-state index contributed by atoms with van der Waals surface area (Å²) < 4.78 is 26.9. The van der Waals surface area contributed by atoms with Gasteiger partial charge in [-0.05, 0) is 59.4 Å². The van der Waals surface area contributed by atoms with E-state index in [1.165, 1.54) is 0 Å². The van der Waals surface area contributed by atoms with Gasteiger partial charge in [-0.3, -0.25) is 9.78 Å². The Balaban J connectivity index is 1.55. The van der Waals surface area contributed by atoms with E-state index in [0.29, 0.717) is 31.5 Å². The number of sulfonamides is 1. The van der Waals surface area contributed by atoms with Crippen LogP contribution in [0.1, 0.15) is 46.1 Å². The van der Waals surface area contributed by atoms with Crippen LogP contribution in [0.4, 0.5) is 0 Å². The Bertz CT molecular complexity index is 1240. The van der Waals surface area contributed by atoms with Crippen LogP contribution in [0.15, 0.2) is 48.7 Å². The fourth-order valence-electron chi connectivity index (χ4n) is 4.16. The number of aryl methyl sites for hydroxylation is 1. The molecule has 1 aliphatic heterocycles. The van der Waals surface area contributed by atoms with Crippen molar-refractivity contribution in [1.29, 1.82) is 0 Å². The van der Waals surface area contributed by atoms with Gasteiger partial charge >= 0.3 is 0 Å². The molecule has 1 amide bonds. The van der Waals surface area contributed by atoms with Crippen LogP contribution < -0.4 is 4.72 Å². The van der Waals surface area contributed by atoms with Gasteiger partial charge in [0.2, 0.25) is 10.0 Å². The average molecular weight is 438 g/mol. The third-order valence-corrected chi connectivity index (χ3v) is 7.35. The van der Waals surface area contributed by atoms with E-state index in [1.807, 2.05) is 67.4 Å². The molecule has 0 saturated carbocycles. The normalized spacial score (nSPS) is 13.9. The van der Waals surface area contributed by atoms with Gasteiger partial charge in [-0.15, -0.1) is 0 Å². The number of amides is 1. The van der Waals surface area contributed by atoms with Crippen molar-refractivity contribution in [3.63, 3.8) is 0 Å². The molecule has 7 heteroatoms. The predicted molar refractivity (Wildman–Crippen MR) is 122 cm³/mol. The summed E-state index contributed by atoms with van der Waals surface area (Å²) in [6, 6.07) is 13.8. The van der Waals surface area contributed by atoms with Crippen LogP contribution in [-0.2, 0) is 29.5 Å². The summed E-state index contributed by atoms with van der Waals surface area (Å²) in [7, 11) is -3.29. The fourth-order valence-corrected chi connectivity index (χ4v) is 5.20. The van der Waals surface area contributed by atoms with Crippen molar-refractivity contribution in [3.8, 4) is 0 Å². The molecule has 0 saturated heterocycles. The monoisotopic (exact) mass is 437 g/mol. The van der Waals surface area contributed by atoms with Crippen LogP contribution >= 0.6 is 0 Å². The molecule has 2 heterocycles. The highest BCUT2D eigenvalue weighted by molar-refractivity contribution is 7.89. The number of rotatable bonds is 6. The molecular weight excluding hydrogens is 410 g/mol. The smallest absolute Gasteiger partial charge is 0.254 e. The minimum atomic E-state index is -3.29. The van der Waals surface area contributed by atoms with Crippen molar-refractivity contribution in [2.24, 2.45) is 0 Å². The first-order valence-corrected chi connectivity index (χ1v) is 12.2. The average Bonchev–Trinajstić information content (AvgIpc) is 2.77. The molecule has 0 fully saturated rings. The molecule has 0 radical (unpaired) electrons. The first kappa shape index (κ1) is 21.5. The number of aromatic nitrogens is 1. The minimum absolute atomic E-state index is 0.00202. The molecule has 4 rings (SSSR count). The molecule has 2 aromatic carbocycles. The van der Waals surface area contributed by atoms with Crippen molar-refractivity contribution in [2.45, 2.75) is 39.8 Å². The molecule has 1 N–H and O–H groups in total. The zero-order valence-electron chi connectivity index (χ0n) is 17.9. The molecule has 1 aliphatic rings. The Hall–Kier alpha value is -2.77. The zero-order chi connectivity index (χ0) is 22.0. The first-order valence-electron chi connectivity index (χ1n) is 10.6. The Morgan fingerprint density at radius 2 is 1.94 bits per heavy atom. The number of carbonyl (C=O) groups is 1. The molecule has 0 spiro atoms. The Labute approximate surface area is 183 Å². The van der Waals surface area contributed by atoms with Gasteiger partial charge < -0.3 is 4.90 Å². The number of nitrogens with zero attached hydrogens (tertiary/aromatic N) is 2. The van der Waals surface area contributed by atoms with Gasteiger partial charge in [-0.2, -0.15) is 0 Å². The van der Waals surface area contributed by atoms with E-state index in [9.17, 15) is 13.2 Å². The third-order valence-electron chi connectivity index (χ3n) is 5.82. The minimum Gasteiger partial charge on any atom is -0.334 e. The second-order valence-corrected chi connectivity index (χ2v) is 9.93. The number of fused-ring (bicyclic) bond motifs is 2. The highest BCUT2D eigenvalue weighted by atomic mass is 32.2. The van der Waals surface area contributed by atoms with Crippen LogP contribution in [0.3, 0.4) is 0 Å². The van der Waals surface area contributed by atoms with Crippen LogP contribution in [-0.4, -0.2) is 36.5 Å². The van der Waals surface area contributed by atoms with E-state index in [-0.39, 0.29) is 18.2 Å². The van der Waals surface area contributed by atoms with Crippen LogP contribution in [0, 0.1) is 6.92 Å². The summed E-state index contributed by atoms with van der Waals surface area (Å²) in [4.78, 5) is 19.5. The second kappa shape index (κ2) is 8.77. The summed E-state index contributed by atoms with van der Waals surface area (Å²) >= 11 is 0. The van der Waals surface area contributed by atoms with Crippen LogP contribution in [0.25, 0.3) is 10.8 Å². The number of benzene rings is 2. The molecular formula is C24H27N3O3S. The summed E-state index contributed by atoms with van der Waals surface area (Å²) in [6.07, 6.45) is 3.07. The molecule has 162 valence electrons. The van der Waals surface area contributed by atoms with Gasteiger partial charge in [0.15, 0.2) is 0 Å². The van der Waals surface area contributed by atoms with E-state index in [4.69, 9.17) is 0 Å². The molecule has 3 aromatic rings. The number of hydrogen-bond donors (Lipinski definition) is 1. The molecule has 0 unspecified atom stereocenters. The standard InChI is InChI=1S/C24H27N3O3S/c1-3-12-31(29,30)26-15-23-17(2)25-14-21-16-27(11-10-22(21)23)24(28)20-9-8-18-6-4-5-7-19(18)13-20/h4-9,13-14,26H,3,10-12,15-16H2,1-2H3. The lowest BCUT2D eigenvalue weighted by molar-refractivity contribution is 0.0734. The van der Waals surface area contributed by atoms with Gasteiger partial charge in [0.25, 0.3) is 5.91 Å². The van der Waals surface area contributed by atoms with E-state index < -0.39 is 10.0 Å². The highest BCUT2D eigenvalue weighted by Gasteiger charge is 2.25. The third kappa shape index (κ3) is 4.62. The van der Waals surface area contributed by atoms with E-state index >= 15 is 0 Å². The molecule has 0 bridgehead atoms. The lowest BCUT2D eigenvalue weighted by atomic mass is 9.94. The van der Waals surface area contributed by atoms with Gasteiger partial charge in [0.05, 0.1) is 5.75 Å². The quantitative estimate of drug-likeness (QED) is 0.639. The maximum atomic E-state index is 13.1. The predicted octanol–water partition coefficient (Wildman–Crippen LogP) is 3.57. The lowest BCUT2D eigenvalue weighted by Crippen LogP contribution is -2.37. The molecule has 1 aromatic heterocycles. The topological polar surface area (TPSA) is 79.4 Å². The van der Waals surface area contributed by atoms with Crippen molar-refractivity contribution >= 4 is 26.7 Å². The number of nitrogens with one attached hydrogen (secondary N) is 1. The van der Waals surface area contributed by atoms with Crippen LogP contribution in [0.2, 0.25) is 0 Å². The summed E-state index contributed by atoms with van der Waals surface area (Å²) in [5, 5.41) is 2.16. The molecule has 6 nitrogen and oxygen atoms in total. The molecule has 0 aliphatic carbocycles. The lowest BCUT2D eigenvalue weighted by Gasteiger charge is -2.30. The van der Waals surface area contributed by atoms with Crippen molar-refractivity contribution in [1.82, 2.24) is 14.6 Å². The maximum Gasteiger partial charge on any atom is 0.254 e. The maximum absolute atomic E-state index is 13.1. The number of carbonyl (C=O) groups excluding carboxylic acids is 1. The van der Waals surface area contributed by atoms with Gasteiger partial charge in [0.1, 0.15) is 0 Å². The van der Waals surface area contributed by atoms with Crippen LogP contribution in [0.5, 0.6) is 0 Å². The zero-order valence-corrected chi connectivity index (χ0v) is 18.7. The summed E-state index contributed by atoms with van der Waals surface area (Å²) in [5.41, 5.74) is 4.52. The highest BCUT2D eigenvalue weighted by Crippen LogP contribution is 2.26. The van der Waals surface area contributed by atoms with Gasteiger partial charge in [-0.25, -0.2) is 13.1 Å². The summed E-state index contributed by atoms with van der Waals surface area (Å²) in [6.45, 7) is 5.05. The number of hydrogen-bond acceptors (Lipinski definition) is 4. The second-order valence-electron chi connectivity index (χ2n) is 8.00. The summed E-state index contributed by atoms with van der Waals surface area (Å²) in [5.74, 6) is 0.116. The Morgan fingerprint density at radius 3 is 2.71 bits per heavy atom. The van der Waals surface area contributed by atoms with Crippen molar-refractivity contribution in [2.75, 3.05) is 12.3 Å². The van der Waals surface area contributed by atoms with E-state index in [2.05, 4.69) is 9.71 Å². The van der Waals surface area contributed by atoms with Gasteiger partial charge in [0, 0.05) is 37.1 Å². The van der Waals surface area contributed by atoms with Gasteiger partial charge in [-0.1, -0.05) is 37.3 Å².